The van der Waals surface area contributed by atoms with E-state index >= 15 is 0 Å². The molecule has 5 heteroatoms. The van der Waals surface area contributed by atoms with Gasteiger partial charge in [0.25, 0.3) is 5.91 Å². The van der Waals surface area contributed by atoms with Crippen molar-refractivity contribution in [3.8, 4) is 5.75 Å². The summed E-state index contributed by atoms with van der Waals surface area (Å²) in [5.41, 5.74) is 8.32. The van der Waals surface area contributed by atoms with Gasteiger partial charge < -0.3 is 15.8 Å². The number of aryl methyl sites for hydroxylation is 1. The Labute approximate surface area is 122 Å². The fraction of sp³-hybridized carbons (Fsp3) is 0.133. The molecule has 4 nitrogen and oxygen atoms in total. The highest BCUT2D eigenvalue weighted by molar-refractivity contribution is 6.31. The van der Waals surface area contributed by atoms with E-state index in [1.807, 2.05) is 6.92 Å². The molecule has 0 aromatic heterocycles. The highest BCUT2D eigenvalue weighted by atomic mass is 35.5. The van der Waals surface area contributed by atoms with Gasteiger partial charge in [0, 0.05) is 16.3 Å². The van der Waals surface area contributed by atoms with Gasteiger partial charge in [-0.2, -0.15) is 0 Å². The molecule has 0 aliphatic heterocycles. The predicted molar refractivity (Wildman–Crippen MR) is 81.5 cm³/mol. The van der Waals surface area contributed by atoms with Gasteiger partial charge in [-0.15, -0.1) is 0 Å². The van der Waals surface area contributed by atoms with Crippen molar-refractivity contribution in [2.24, 2.45) is 0 Å². The minimum absolute atomic E-state index is 0.266. The first-order chi connectivity index (χ1) is 9.51. The van der Waals surface area contributed by atoms with Crippen LogP contribution in [0.4, 0.5) is 11.4 Å². The lowest BCUT2D eigenvalue weighted by Crippen LogP contribution is -2.13. The maximum Gasteiger partial charge on any atom is 0.255 e. The molecule has 1 amide bonds. The van der Waals surface area contributed by atoms with Gasteiger partial charge in [-0.25, -0.2) is 0 Å². The molecule has 0 radical (unpaired) electrons. The summed E-state index contributed by atoms with van der Waals surface area (Å²) in [5.74, 6) is 0.278. The van der Waals surface area contributed by atoms with Crippen LogP contribution in [0.5, 0.6) is 5.75 Å². The topological polar surface area (TPSA) is 64.3 Å². The molecule has 0 heterocycles. The lowest BCUT2D eigenvalue weighted by molar-refractivity contribution is 0.102. The van der Waals surface area contributed by atoms with Gasteiger partial charge >= 0.3 is 0 Å². The number of nitrogen functional groups attached to an aromatic ring is 1. The van der Waals surface area contributed by atoms with E-state index in [1.54, 1.807) is 36.4 Å². The Bertz CT molecular complexity index is 656. The van der Waals surface area contributed by atoms with Crippen molar-refractivity contribution in [3.63, 3.8) is 0 Å². The van der Waals surface area contributed by atoms with Crippen LogP contribution >= 0.6 is 11.6 Å². The molecule has 0 atom stereocenters. The van der Waals surface area contributed by atoms with Gasteiger partial charge in [0.05, 0.1) is 12.8 Å². The van der Waals surface area contributed by atoms with E-state index < -0.39 is 0 Å². The van der Waals surface area contributed by atoms with E-state index in [2.05, 4.69) is 5.32 Å². The molecule has 0 saturated carbocycles. The van der Waals surface area contributed by atoms with Crippen molar-refractivity contribution in [2.45, 2.75) is 6.92 Å². The molecule has 20 heavy (non-hydrogen) atoms. The number of rotatable bonds is 3. The number of carbonyl (C=O) groups is 1. The first-order valence-corrected chi connectivity index (χ1v) is 6.40. The molecular formula is C15H15ClN2O2. The SMILES string of the molecule is COc1ccc(Cl)cc1NC(=O)c1ccc(C)c(N)c1. The van der Waals surface area contributed by atoms with Crippen molar-refractivity contribution in [2.75, 3.05) is 18.2 Å². The molecule has 0 aliphatic rings. The minimum atomic E-state index is -0.266. The van der Waals surface area contributed by atoms with E-state index in [-0.39, 0.29) is 5.91 Å². The van der Waals surface area contributed by atoms with Gasteiger partial charge in [-0.1, -0.05) is 17.7 Å². The number of anilines is 2. The summed E-state index contributed by atoms with van der Waals surface area (Å²) in [7, 11) is 1.53. The number of benzene rings is 2. The molecular weight excluding hydrogens is 276 g/mol. The van der Waals surface area contributed by atoms with Crippen molar-refractivity contribution >= 4 is 28.9 Å². The number of carbonyl (C=O) groups excluding carboxylic acids is 1. The van der Waals surface area contributed by atoms with Gasteiger partial charge in [-0.3, -0.25) is 4.79 Å². The number of nitrogens with one attached hydrogen (secondary N) is 1. The van der Waals surface area contributed by atoms with Crippen molar-refractivity contribution < 1.29 is 9.53 Å². The van der Waals surface area contributed by atoms with E-state index in [0.717, 1.165) is 5.56 Å². The predicted octanol–water partition coefficient (Wildman–Crippen LogP) is 3.49. The second kappa shape index (κ2) is 5.84. The zero-order valence-corrected chi connectivity index (χ0v) is 12.0. The first kappa shape index (κ1) is 14.2. The molecule has 0 saturated heterocycles. The van der Waals surface area contributed by atoms with Crippen LogP contribution in [0.25, 0.3) is 0 Å². The smallest absolute Gasteiger partial charge is 0.255 e. The Hall–Kier alpha value is -2.20. The Kier molecular flexibility index (Phi) is 4.15. The third-order valence-corrected chi connectivity index (χ3v) is 3.19. The summed E-state index contributed by atoms with van der Waals surface area (Å²) in [5, 5.41) is 3.28. The summed E-state index contributed by atoms with van der Waals surface area (Å²) in [6.45, 7) is 1.89. The number of hydrogen-bond acceptors (Lipinski definition) is 3. The average molecular weight is 291 g/mol. The lowest BCUT2D eigenvalue weighted by atomic mass is 10.1. The fourth-order valence-electron chi connectivity index (χ4n) is 1.75. The van der Waals surface area contributed by atoms with Crippen LogP contribution in [0, 0.1) is 6.92 Å². The van der Waals surface area contributed by atoms with Crippen LogP contribution in [0.2, 0.25) is 5.02 Å². The molecule has 0 fully saturated rings. The molecule has 2 aromatic carbocycles. The van der Waals surface area contributed by atoms with Crippen molar-refractivity contribution in [1.82, 2.24) is 0 Å². The van der Waals surface area contributed by atoms with Crippen LogP contribution < -0.4 is 15.8 Å². The molecule has 0 aliphatic carbocycles. The summed E-state index contributed by atoms with van der Waals surface area (Å²) in [4.78, 5) is 12.2. The second-order valence-corrected chi connectivity index (χ2v) is 4.81. The van der Waals surface area contributed by atoms with Gasteiger partial charge in [0.2, 0.25) is 0 Å². The Morgan fingerprint density at radius 2 is 2.00 bits per heavy atom. The maximum absolute atomic E-state index is 12.2. The number of amides is 1. The Balaban J connectivity index is 2.27. The molecule has 0 unspecified atom stereocenters. The molecule has 0 bridgehead atoms. The second-order valence-electron chi connectivity index (χ2n) is 4.37. The zero-order chi connectivity index (χ0) is 14.7. The highest BCUT2D eigenvalue weighted by Crippen LogP contribution is 2.28. The zero-order valence-electron chi connectivity index (χ0n) is 11.2. The fourth-order valence-corrected chi connectivity index (χ4v) is 1.93. The van der Waals surface area contributed by atoms with E-state index in [9.17, 15) is 4.79 Å². The highest BCUT2D eigenvalue weighted by Gasteiger charge is 2.11. The van der Waals surface area contributed by atoms with Crippen molar-refractivity contribution in [3.05, 3.63) is 52.5 Å². The standard InChI is InChI=1S/C15H15ClN2O2/c1-9-3-4-10(7-12(9)17)15(19)18-13-8-11(16)5-6-14(13)20-2/h3-8H,17H2,1-2H3,(H,18,19). The van der Waals surface area contributed by atoms with E-state index in [1.165, 1.54) is 7.11 Å². The molecule has 2 rings (SSSR count). The molecule has 2 aromatic rings. The first-order valence-electron chi connectivity index (χ1n) is 6.02. The van der Waals surface area contributed by atoms with Gasteiger partial charge in [0.15, 0.2) is 0 Å². The van der Waals surface area contributed by atoms with Crippen LogP contribution in [0.3, 0.4) is 0 Å². The number of methoxy groups -OCH3 is 1. The van der Waals surface area contributed by atoms with Crippen molar-refractivity contribution in [1.29, 1.82) is 0 Å². The summed E-state index contributed by atoms with van der Waals surface area (Å²) >= 11 is 5.92. The van der Waals surface area contributed by atoms with Crippen LogP contribution in [0.15, 0.2) is 36.4 Å². The van der Waals surface area contributed by atoms with E-state index in [0.29, 0.717) is 27.7 Å². The van der Waals surface area contributed by atoms with Crippen LogP contribution in [-0.2, 0) is 0 Å². The Morgan fingerprint density at radius 3 is 2.65 bits per heavy atom. The molecule has 104 valence electrons. The van der Waals surface area contributed by atoms with Gasteiger partial charge in [0.1, 0.15) is 5.75 Å². The van der Waals surface area contributed by atoms with E-state index in [4.69, 9.17) is 22.1 Å². The maximum atomic E-state index is 12.2. The monoisotopic (exact) mass is 290 g/mol. The lowest BCUT2D eigenvalue weighted by Gasteiger charge is -2.11. The number of nitrogens with two attached hydrogens (primary N) is 1. The largest absolute Gasteiger partial charge is 0.495 e. The third-order valence-electron chi connectivity index (χ3n) is 2.95. The normalized spacial score (nSPS) is 10.2. The minimum Gasteiger partial charge on any atom is -0.495 e. The third kappa shape index (κ3) is 3.03. The summed E-state index contributed by atoms with van der Waals surface area (Å²) in [6.07, 6.45) is 0. The summed E-state index contributed by atoms with van der Waals surface area (Å²) in [6, 6.07) is 10.2. The number of halogens is 1. The number of hydrogen-bond donors (Lipinski definition) is 2. The van der Waals surface area contributed by atoms with Crippen LogP contribution in [-0.4, -0.2) is 13.0 Å². The van der Waals surface area contributed by atoms with Crippen LogP contribution in [0.1, 0.15) is 15.9 Å². The molecule has 0 spiro atoms. The number of ether oxygens (including phenoxy) is 1. The Morgan fingerprint density at radius 1 is 1.25 bits per heavy atom. The molecule has 3 N–H and O–H groups in total. The average Bonchev–Trinajstić information content (AvgIpc) is 2.42. The summed E-state index contributed by atoms with van der Waals surface area (Å²) < 4.78 is 5.18. The quantitative estimate of drug-likeness (QED) is 0.851. The van der Waals surface area contributed by atoms with Gasteiger partial charge in [-0.05, 0) is 42.8 Å².